The summed E-state index contributed by atoms with van der Waals surface area (Å²) in [5, 5.41) is 8.38. The van der Waals surface area contributed by atoms with Crippen LogP contribution in [-0.4, -0.2) is 0 Å². The van der Waals surface area contributed by atoms with Crippen LogP contribution in [-0.2, 0) is 12.9 Å². The minimum Gasteiger partial charge on any atom is -0.246 e. The van der Waals surface area contributed by atoms with E-state index in [1.807, 2.05) is 0 Å². The van der Waals surface area contributed by atoms with Gasteiger partial charge in [-0.3, -0.25) is 0 Å². The first kappa shape index (κ1) is 10.5. The summed E-state index contributed by atoms with van der Waals surface area (Å²) in [7, 11) is 0. The van der Waals surface area contributed by atoms with Crippen molar-refractivity contribution in [3.05, 3.63) is 34.9 Å². The third-order valence-electron chi connectivity index (χ3n) is 1.69. The summed E-state index contributed by atoms with van der Waals surface area (Å²) in [6, 6.07) is 4.35. The van der Waals surface area contributed by atoms with Crippen LogP contribution < -0.4 is 0 Å². The summed E-state index contributed by atoms with van der Waals surface area (Å²) in [5.41, 5.74) is -1.66. The normalized spacial score (nSPS) is 11.1. The quantitative estimate of drug-likeness (QED) is 0.643. The maximum atomic E-state index is 12.3. The van der Waals surface area contributed by atoms with Gasteiger partial charge in [-0.15, -0.1) is 0 Å². The number of hydrogen-bond donors (Lipinski definition) is 0. The summed E-state index contributed by atoms with van der Waals surface area (Å²) in [6.45, 7) is -1.19. The number of nitriles is 1. The van der Waals surface area contributed by atoms with Gasteiger partial charge < -0.3 is 0 Å². The molecule has 0 spiro atoms. The van der Waals surface area contributed by atoms with Gasteiger partial charge in [-0.1, -0.05) is 6.07 Å². The van der Waals surface area contributed by atoms with Crippen molar-refractivity contribution in [1.29, 1.82) is 5.26 Å². The van der Waals surface area contributed by atoms with Crippen molar-refractivity contribution in [2.24, 2.45) is 0 Å². The molecule has 0 fully saturated rings. The van der Waals surface area contributed by atoms with Crippen LogP contribution in [0.25, 0.3) is 0 Å². The van der Waals surface area contributed by atoms with Crippen LogP contribution in [0.1, 0.15) is 16.7 Å². The molecular formula is C9H5F4N. The second-order valence-corrected chi connectivity index (χ2v) is 2.62. The van der Waals surface area contributed by atoms with Crippen molar-refractivity contribution >= 4 is 0 Å². The molecule has 0 aliphatic heterocycles. The van der Waals surface area contributed by atoms with E-state index in [1.54, 1.807) is 6.07 Å². The van der Waals surface area contributed by atoms with E-state index < -0.39 is 24.0 Å². The molecule has 0 aliphatic rings. The Morgan fingerprint density at radius 3 is 2.36 bits per heavy atom. The highest BCUT2D eigenvalue weighted by Crippen LogP contribution is 2.32. The lowest BCUT2D eigenvalue weighted by molar-refractivity contribution is -0.138. The van der Waals surface area contributed by atoms with Gasteiger partial charge in [-0.25, -0.2) is 4.39 Å². The minimum absolute atomic E-state index is 0.130. The Bertz CT molecular complexity index is 375. The summed E-state index contributed by atoms with van der Waals surface area (Å²) in [6.07, 6.45) is -4.62. The molecule has 0 radical (unpaired) electrons. The van der Waals surface area contributed by atoms with Crippen molar-refractivity contribution in [3.63, 3.8) is 0 Å². The van der Waals surface area contributed by atoms with Gasteiger partial charge in [0.25, 0.3) is 0 Å². The molecular weight excluding hydrogens is 198 g/mol. The van der Waals surface area contributed by atoms with Gasteiger partial charge >= 0.3 is 6.18 Å². The van der Waals surface area contributed by atoms with Gasteiger partial charge in [0.1, 0.15) is 6.67 Å². The van der Waals surface area contributed by atoms with Crippen molar-refractivity contribution in [2.45, 2.75) is 12.9 Å². The zero-order valence-corrected chi connectivity index (χ0v) is 6.90. The topological polar surface area (TPSA) is 23.8 Å². The highest BCUT2D eigenvalue weighted by atomic mass is 19.4. The van der Waals surface area contributed by atoms with E-state index in [0.29, 0.717) is 6.07 Å². The highest BCUT2D eigenvalue weighted by Gasteiger charge is 2.33. The van der Waals surface area contributed by atoms with Crippen LogP contribution in [0, 0.1) is 11.3 Å². The Kier molecular flexibility index (Phi) is 2.75. The maximum Gasteiger partial charge on any atom is 0.416 e. The molecule has 1 rings (SSSR count). The number of rotatable bonds is 1. The number of halogens is 4. The smallest absolute Gasteiger partial charge is 0.246 e. The first-order valence-electron chi connectivity index (χ1n) is 3.65. The third kappa shape index (κ3) is 2.02. The first-order chi connectivity index (χ1) is 6.49. The Hall–Kier alpha value is -1.57. The lowest BCUT2D eigenvalue weighted by Gasteiger charge is -2.10. The van der Waals surface area contributed by atoms with Gasteiger partial charge in [0.05, 0.1) is 17.2 Å². The van der Waals surface area contributed by atoms with E-state index in [-0.39, 0.29) is 5.56 Å². The fourth-order valence-electron chi connectivity index (χ4n) is 1.03. The number of alkyl halides is 4. The van der Waals surface area contributed by atoms with Gasteiger partial charge in [0.15, 0.2) is 0 Å². The monoisotopic (exact) mass is 203 g/mol. The van der Waals surface area contributed by atoms with E-state index in [9.17, 15) is 17.6 Å². The standard InChI is InChI=1S/C9H5F4N/c10-4-7-2-1-6(5-14)3-8(7)9(11,12)13/h1-3H,4H2. The Morgan fingerprint density at radius 1 is 1.29 bits per heavy atom. The average molecular weight is 203 g/mol. The molecule has 5 heteroatoms. The maximum absolute atomic E-state index is 12.3. The Morgan fingerprint density at radius 2 is 1.93 bits per heavy atom. The number of benzene rings is 1. The highest BCUT2D eigenvalue weighted by molar-refractivity contribution is 5.39. The van der Waals surface area contributed by atoms with Gasteiger partial charge in [-0.05, 0) is 17.7 Å². The summed E-state index contributed by atoms with van der Waals surface area (Å²) < 4.78 is 49.0. The van der Waals surface area contributed by atoms with Crippen LogP contribution in [0.4, 0.5) is 17.6 Å². The van der Waals surface area contributed by atoms with E-state index in [1.165, 1.54) is 0 Å². The van der Waals surface area contributed by atoms with Crippen molar-refractivity contribution in [2.75, 3.05) is 0 Å². The van der Waals surface area contributed by atoms with Gasteiger partial charge in [0.2, 0.25) is 0 Å². The minimum atomic E-state index is -4.62. The van der Waals surface area contributed by atoms with Crippen molar-refractivity contribution in [1.82, 2.24) is 0 Å². The van der Waals surface area contributed by atoms with Crippen LogP contribution in [0.15, 0.2) is 18.2 Å². The molecule has 0 bridgehead atoms. The summed E-state index contributed by atoms with van der Waals surface area (Å²) in [4.78, 5) is 0. The molecule has 0 saturated heterocycles. The molecule has 0 amide bonds. The van der Waals surface area contributed by atoms with Crippen LogP contribution in [0.5, 0.6) is 0 Å². The van der Waals surface area contributed by atoms with Crippen molar-refractivity contribution in [3.8, 4) is 6.07 Å². The molecule has 74 valence electrons. The molecule has 0 heterocycles. The van der Waals surface area contributed by atoms with Crippen LogP contribution in [0.2, 0.25) is 0 Å². The van der Waals surface area contributed by atoms with E-state index in [4.69, 9.17) is 5.26 Å². The summed E-state index contributed by atoms with van der Waals surface area (Å²) >= 11 is 0. The molecule has 0 aliphatic carbocycles. The number of nitrogens with zero attached hydrogens (tertiary/aromatic N) is 1. The van der Waals surface area contributed by atoms with Gasteiger partial charge in [-0.2, -0.15) is 18.4 Å². The predicted molar refractivity (Wildman–Crippen MR) is 41.0 cm³/mol. The van der Waals surface area contributed by atoms with E-state index in [2.05, 4.69) is 0 Å². The van der Waals surface area contributed by atoms with E-state index >= 15 is 0 Å². The summed E-state index contributed by atoms with van der Waals surface area (Å²) in [5.74, 6) is 0. The average Bonchev–Trinajstić information content (AvgIpc) is 2.15. The molecule has 14 heavy (non-hydrogen) atoms. The molecule has 0 N–H and O–H groups in total. The van der Waals surface area contributed by atoms with Crippen LogP contribution >= 0.6 is 0 Å². The lowest BCUT2D eigenvalue weighted by Crippen LogP contribution is -2.08. The Labute approximate surface area is 77.6 Å². The van der Waals surface area contributed by atoms with Crippen molar-refractivity contribution < 1.29 is 17.6 Å². The third-order valence-corrected chi connectivity index (χ3v) is 1.69. The zero-order chi connectivity index (χ0) is 10.8. The molecule has 1 nitrogen and oxygen atoms in total. The SMILES string of the molecule is N#Cc1ccc(CF)c(C(F)(F)F)c1. The zero-order valence-electron chi connectivity index (χ0n) is 6.90. The predicted octanol–water partition coefficient (Wildman–Crippen LogP) is 3.05. The fraction of sp³-hybridized carbons (Fsp3) is 0.222. The van der Waals surface area contributed by atoms with E-state index in [0.717, 1.165) is 12.1 Å². The molecule has 1 aromatic carbocycles. The lowest BCUT2D eigenvalue weighted by atomic mass is 10.0. The number of hydrogen-bond acceptors (Lipinski definition) is 1. The molecule has 0 atom stereocenters. The fourth-order valence-corrected chi connectivity index (χ4v) is 1.03. The molecule has 0 aromatic heterocycles. The second-order valence-electron chi connectivity index (χ2n) is 2.62. The van der Waals surface area contributed by atoms with Gasteiger partial charge in [0, 0.05) is 0 Å². The largest absolute Gasteiger partial charge is 0.416 e. The molecule has 1 aromatic rings. The molecule has 0 unspecified atom stereocenters. The second kappa shape index (κ2) is 3.66. The van der Waals surface area contributed by atoms with Crippen LogP contribution in [0.3, 0.4) is 0 Å². The molecule has 0 saturated carbocycles. The Balaban J connectivity index is 3.31. The first-order valence-corrected chi connectivity index (χ1v) is 3.65.